The zero-order valence-electron chi connectivity index (χ0n) is 25.6. The van der Waals surface area contributed by atoms with E-state index in [2.05, 4.69) is 95.9 Å². The van der Waals surface area contributed by atoms with Gasteiger partial charge in [0, 0.05) is 50.9 Å². The normalized spacial score (nSPS) is 11.8. The molecule has 0 amide bonds. The third-order valence-corrected chi connectivity index (χ3v) is 9.11. The number of nitrogens with zero attached hydrogens (tertiary/aromatic N) is 2. The number of aromatic nitrogens is 1. The zero-order chi connectivity index (χ0) is 31.6. The maximum absolute atomic E-state index is 6.49. The van der Waals surface area contributed by atoms with Crippen LogP contribution in [0.15, 0.2) is 171 Å². The Morgan fingerprint density at radius 2 is 0.979 bits per heavy atom. The van der Waals surface area contributed by atoms with Crippen molar-refractivity contribution in [2.75, 3.05) is 4.90 Å². The average molecular weight is 619 g/mol. The molecule has 0 aliphatic rings. The van der Waals surface area contributed by atoms with Gasteiger partial charge in [0.05, 0.1) is 5.39 Å². The maximum Gasteiger partial charge on any atom is 0.227 e. The average Bonchev–Trinajstić information content (AvgIpc) is 3.85. The Balaban J connectivity index is 1.14. The standard InChI is InChI=1S/C43H26N2O3/c1-3-9-27(10-4-1)28-15-17-30(18-16-28)45(31-19-21-34-33-13-7-8-14-37(33)46-39(34)25-31)32-20-22-35-40(26-32)47-38-24-23-36-42(41(35)38)48-43(44-36)29-11-5-2-6-12-29/h1-26H. The van der Waals surface area contributed by atoms with Gasteiger partial charge in [0.1, 0.15) is 27.8 Å². The van der Waals surface area contributed by atoms with Crippen LogP contribution >= 0.6 is 0 Å². The lowest BCUT2D eigenvalue weighted by Crippen LogP contribution is -2.09. The van der Waals surface area contributed by atoms with Crippen LogP contribution in [-0.2, 0) is 0 Å². The van der Waals surface area contributed by atoms with Crippen LogP contribution in [0.1, 0.15) is 0 Å². The number of anilines is 3. The molecule has 3 aromatic heterocycles. The van der Waals surface area contributed by atoms with Gasteiger partial charge in [-0.25, -0.2) is 4.98 Å². The number of hydrogen-bond acceptors (Lipinski definition) is 5. The Morgan fingerprint density at radius 3 is 1.75 bits per heavy atom. The van der Waals surface area contributed by atoms with Crippen molar-refractivity contribution in [3.8, 4) is 22.6 Å². The summed E-state index contributed by atoms with van der Waals surface area (Å²) in [6, 6.07) is 53.9. The third kappa shape index (κ3) is 4.22. The third-order valence-electron chi connectivity index (χ3n) is 9.11. The van der Waals surface area contributed by atoms with Crippen LogP contribution < -0.4 is 4.90 Å². The molecule has 0 radical (unpaired) electrons. The van der Waals surface area contributed by atoms with Crippen molar-refractivity contribution in [2.45, 2.75) is 0 Å². The lowest BCUT2D eigenvalue weighted by Gasteiger charge is -2.25. The fourth-order valence-electron chi connectivity index (χ4n) is 6.81. The molecule has 0 fully saturated rings. The largest absolute Gasteiger partial charge is 0.456 e. The Hall–Kier alpha value is -6.59. The van der Waals surface area contributed by atoms with Gasteiger partial charge in [-0.15, -0.1) is 0 Å². The van der Waals surface area contributed by atoms with Gasteiger partial charge in [-0.05, 0) is 77.9 Å². The molecule has 5 heteroatoms. The molecule has 0 unspecified atom stereocenters. The molecule has 0 saturated carbocycles. The first-order valence-electron chi connectivity index (χ1n) is 15.9. The molecule has 0 N–H and O–H groups in total. The SMILES string of the molecule is c1ccc(-c2ccc(N(c3ccc4c(c3)oc3ccccc34)c3ccc4c(c3)oc3ccc5nc(-c6ccccc6)oc5c34)cc2)cc1. The van der Waals surface area contributed by atoms with Crippen molar-refractivity contribution < 1.29 is 13.3 Å². The van der Waals surface area contributed by atoms with Crippen molar-refractivity contribution in [2.24, 2.45) is 0 Å². The van der Waals surface area contributed by atoms with Crippen molar-refractivity contribution >= 4 is 72.0 Å². The minimum atomic E-state index is 0.593. The second-order valence-corrected chi connectivity index (χ2v) is 12.0. The predicted octanol–water partition coefficient (Wildman–Crippen LogP) is 12.4. The minimum Gasteiger partial charge on any atom is -0.456 e. The molecule has 0 aliphatic heterocycles. The van der Waals surface area contributed by atoms with Gasteiger partial charge in [-0.3, -0.25) is 0 Å². The van der Waals surface area contributed by atoms with Gasteiger partial charge in [-0.1, -0.05) is 78.9 Å². The summed E-state index contributed by atoms with van der Waals surface area (Å²) in [4.78, 5) is 7.03. The van der Waals surface area contributed by atoms with E-state index >= 15 is 0 Å². The van der Waals surface area contributed by atoms with E-state index in [9.17, 15) is 0 Å². The molecule has 3 heterocycles. The van der Waals surface area contributed by atoms with Crippen molar-refractivity contribution in [1.82, 2.24) is 4.98 Å². The molecule has 10 rings (SSSR count). The van der Waals surface area contributed by atoms with Crippen LogP contribution in [-0.4, -0.2) is 4.98 Å². The summed E-state index contributed by atoms with van der Waals surface area (Å²) < 4.78 is 19.2. The fourth-order valence-corrected chi connectivity index (χ4v) is 6.81. The number of fused-ring (bicyclic) bond motifs is 8. The van der Waals surface area contributed by atoms with Gasteiger partial charge in [0.25, 0.3) is 0 Å². The molecular weight excluding hydrogens is 592 g/mol. The number of rotatable bonds is 5. The van der Waals surface area contributed by atoms with Crippen LogP contribution in [0.5, 0.6) is 0 Å². The molecule has 226 valence electrons. The summed E-state index contributed by atoms with van der Waals surface area (Å²) in [6.45, 7) is 0. The molecule has 7 aromatic carbocycles. The lowest BCUT2D eigenvalue weighted by molar-refractivity contribution is 0.622. The first-order valence-corrected chi connectivity index (χ1v) is 15.9. The van der Waals surface area contributed by atoms with Gasteiger partial charge in [0.15, 0.2) is 5.58 Å². The van der Waals surface area contributed by atoms with E-state index in [1.54, 1.807) is 0 Å². The fraction of sp³-hybridized carbons (Fsp3) is 0. The number of benzene rings is 7. The van der Waals surface area contributed by atoms with E-state index in [-0.39, 0.29) is 0 Å². The van der Waals surface area contributed by atoms with Gasteiger partial charge in [0.2, 0.25) is 5.89 Å². The molecule has 0 aliphatic carbocycles. The summed E-state index contributed by atoms with van der Waals surface area (Å²) in [6.07, 6.45) is 0. The van der Waals surface area contributed by atoms with E-state index in [4.69, 9.17) is 18.2 Å². The Labute approximate surface area is 274 Å². The molecule has 10 aromatic rings. The highest BCUT2D eigenvalue weighted by molar-refractivity contribution is 6.17. The van der Waals surface area contributed by atoms with Gasteiger partial charge in [-0.2, -0.15) is 0 Å². The zero-order valence-corrected chi connectivity index (χ0v) is 25.6. The summed E-state index contributed by atoms with van der Waals surface area (Å²) in [5.41, 5.74) is 11.0. The van der Waals surface area contributed by atoms with E-state index in [1.165, 1.54) is 5.56 Å². The summed E-state index contributed by atoms with van der Waals surface area (Å²) in [7, 11) is 0. The molecule has 48 heavy (non-hydrogen) atoms. The first-order chi connectivity index (χ1) is 23.8. The molecular formula is C43H26N2O3. The molecule has 0 spiro atoms. The maximum atomic E-state index is 6.49. The van der Waals surface area contributed by atoms with Crippen LogP contribution in [0.2, 0.25) is 0 Å². The van der Waals surface area contributed by atoms with Crippen LogP contribution in [0.4, 0.5) is 17.1 Å². The van der Waals surface area contributed by atoms with E-state index in [0.29, 0.717) is 5.89 Å². The van der Waals surface area contributed by atoms with Gasteiger partial charge >= 0.3 is 0 Å². The Kier molecular flexibility index (Phi) is 5.81. The van der Waals surface area contributed by atoms with Crippen molar-refractivity contribution in [3.05, 3.63) is 158 Å². The highest BCUT2D eigenvalue weighted by Crippen LogP contribution is 2.42. The number of furan rings is 2. The highest BCUT2D eigenvalue weighted by Gasteiger charge is 2.20. The van der Waals surface area contributed by atoms with Crippen LogP contribution in [0.25, 0.3) is 77.6 Å². The number of para-hydroxylation sites is 1. The monoisotopic (exact) mass is 618 g/mol. The van der Waals surface area contributed by atoms with Crippen LogP contribution in [0.3, 0.4) is 0 Å². The van der Waals surface area contributed by atoms with E-state index in [1.807, 2.05) is 66.7 Å². The quantitative estimate of drug-likeness (QED) is 0.192. The van der Waals surface area contributed by atoms with Gasteiger partial charge < -0.3 is 18.2 Å². The topological polar surface area (TPSA) is 55.6 Å². The first kappa shape index (κ1) is 26.6. The van der Waals surface area contributed by atoms with Crippen LogP contribution in [0, 0.1) is 0 Å². The lowest BCUT2D eigenvalue weighted by atomic mass is 10.0. The highest BCUT2D eigenvalue weighted by atomic mass is 16.4. The molecule has 5 nitrogen and oxygen atoms in total. The molecule has 0 atom stereocenters. The number of oxazole rings is 1. The summed E-state index contributed by atoms with van der Waals surface area (Å²) in [5.74, 6) is 0.593. The van der Waals surface area contributed by atoms with E-state index < -0.39 is 0 Å². The smallest absolute Gasteiger partial charge is 0.227 e. The minimum absolute atomic E-state index is 0.593. The second-order valence-electron chi connectivity index (χ2n) is 12.0. The summed E-state index contributed by atoms with van der Waals surface area (Å²) in [5, 5.41) is 4.09. The Morgan fingerprint density at radius 1 is 0.396 bits per heavy atom. The summed E-state index contributed by atoms with van der Waals surface area (Å²) >= 11 is 0. The van der Waals surface area contributed by atoms with Crippen molar-refractivity contribution in [1.29, 1.82) is 0 Å². The van der Waals surface area contributed by atoms with Crippen molar-refractivity contribution in [3.63, 3.8) is 0 Å². The second kappa shape index (κ2) is 10.5. The Bertz CT molecular complexity index is 2770. The molecule has 0 saturated heterocycles. The molecule has 0 bridgehead atoms. The predicted molar refractivity (Wildman–Crippen MR) is 194 cm³/mol. The van der Waals surface area contributed by atoms with E-state index in [0.717, 1.165) is 83.2 Å². The number of hydrogen-bond donors (Lipinski definition) is 0.